The second-order valence-electron chi connectivity index (χ2n) is 6.45. The molecule has 2 heterocycles. The number of aliphatic hydroxyl groups is 1. The van der Waals surface area contributed by atoms with Crippen LogP contribution in [0.3, 0.4) is 0 Å². The molecule has 2 aliphatic rings. The number of allylic oxidation sites excluding steroid dienone is 1. The van der Waals surface area contributed by atoms with Gasteiger partial charge in [0.25, 0.3) is 0 Å². The van der Waals surface area contributed by atoms with Crippen molar-refractivity contribution in [3.05, 3.63) is 29.8 Å². The Labute approximate surface area is 140 Å². The van der Waals surface area contributed by atoms with E-state index < -0.39 is 0 Å². The van der Waals surface area contributed by atoms with E-state index in [2.05, 4.69) is 26.3 Å². The lowest BCUT2D eigenvalue weighted by Gasteiger charge is -2.29. The van der Waals surface area contributed by atoms with Crippen molar-refractivity contribution in [3.63, 3.8) is 0 Å². The minimum absolute atomic E-state index is 0.0156. The number of hydrogen-bond acceptors (Lipinski definition) is 6. The van der Waals surface area contributed by atoms with Gasteiger partial charge in [0.15, 0.2) is 0 Å². The van der Waals surface area contributed by atoms with Crippen molar-refractivity contribution in [2.75, 3.05) is 17.6 Å². The van der Waals surface area contributed by atoms with Gasteiger partial charge >= 0.3 is 0 Å². The van der Waals surface area contributed by atoms with Crippen LogP contribution in [0.5, 0.6) is 0 Å². The number of aromatic nitrogens is 2. The summed E-state index contributed by atoms with van der Waals surface area (Å²) in [6.45, 7) is 0.700. The summed E-state index contributed by atoms with van der Waals surface area (Å²) in [5, 5.41) is 14.5. The lowest BCUT2D eigenvalue weighted by atomic mass is 9.92. The second kappa shape index (κ2) is 6.20. The third-order valence-electron chi connectivity index (χ3n) is 4.78. The summed E-state index contributed by atoms with van der Waals surface area (Å²) in [6, 6.07) is 6.11. The summed E-state index contributed by atoms with van der Waals surface area (Å²) in [7, 11) is 0. The molecule has 124 valence electrons. The van der Waals surface area contributed by atoms with E-state index in [1.165, 1.54) is 5.57 Å². The van der Waals surface area contributed by atoms with Gasteiger partial charge in [0, 0.05) is 11.6 Å². The molecule has 0 unspecified atom stereocenters. The summed E-state index contributed by atoms with van der Waals surface area (Å²) in [5.74, 6) is 0.941. The monoisotopic (exact) mass is 323 g/mol. The van der Waals surface area contributed by atoms with E-state index in [1.54, 1.807) is 0 Å². The van der Waals surface area contributed by atoms with Gasteiger partial charge in [-0.2, -0.15) is 4.98 Å². The highest BCUT2D eigenvalue weighted by Gasteiger charge is 2.24. The predicted molar refractivity (Wildman–Crippen MR) is 97.2 cm³/mol. The Morgan fingerprint density at radius 3 is 2.83 bits per heavy atom. The van der Waals surface area contributed by atoms with E-state index in [9.17, 15) is 5.11 Å². The maximum absolute atomic E-state index is 10.2. The molecule has 1 saturated carbocycles. The van der Waals surface area contributed by atoms with Crippen molar-refractivity contribution in [1.82, 2.24) is 9.97 Å². The molecule has 0 spiro atoms. The van der Waals surface area contributed by atoms with Gasteiger partial charge in [0.2, 0.25) is 5.95 Å². The van der Waals surface area contributed by atoms with E-state index in [-0.39, 0.29) is 18.1 Å². The van der Waals surface area contributed by atoms with E-state index in [0.29, 0.717) is 12.4 Å². The highest BCUT2D eigenvalue weighted by molar-refractivity contribution is 5.95. The third-order valence-corrected chi connectivity index (χ3v) is 4.78. The first-order valence-corrected chi connectivity index (χ1v) is 8.42. The van der Waals surface area contributed by atoms with Crippen LogP contribution in [-0.2, 0) is 0 Å². The number of nitrogen functional groups attached to an aromatic ring is 1. The lowest BCUT2D eigenvalue weighted by molar-refractivity contribution is 0.116. The summed E-state index contributed by atoms with van der Waals surface area (Å²) >= 11 is 0. The molecule has 4 N–H and O–H groups in total. The molecule has 0 amide bonds. The van der Waals surface area contributed by atoms with Crippen LogP contribution in [0.25, 0.3) is 16.5 Å². The topological polar surface area (TPSA) is 96.4 Å². The van der Waals surface area contributed by atoms with E-state index in [0.717, 1.165) is 42.1 Å². The van der Waals surface area contributed by atoms with Gasteiger partial charge in [-0.05, 0) is 42.2 Å². The number of fused-ring (bicyclic) bond motifs is 1. The van der Waals surface area contributed by atoms with Gasteiger partial charge in [-0.25, -0.2) is 4.98 Å². The maximum atomic E-state index is 10.2. The molecule has 2 atom stereocenters. The summed E-state index contributed by atoms with van der Waals surface area (Å²) < 4.78 is 0. The smallest absolute Gasteiger partial charge is 0.222 e. The highest BCUT2D eigenvalue weighted by atomic mass is 16.3. The van der Waals surface area contributed by atoms with Crippen molar-refractivity contribution in [1.29, 1.82) is 0 Å². The fraction of sp³-hybridized carbons (Fsp3) is 0.389. The average molecular weight is 323 g/mol. The highest BCUT2D eigenvalue weighted by Crippen LogP contribution is 2.29. The zero-order chi connectivity index (χ0) is 16.5. The van der Waals surface area contributed by atoms with E-state index >= 15 is 0 Å². The van der Waals surface area contributed by atoms with Crippen LogP contribution in [0, 0.1) is 0 Å². The zero-order valence-electron chi connectivity index (χ0n) is 13.4. The Bertz CT molecular complexity index is 830. The number of aliphatic hydroxyl groups excluding tert-OH is 1. The van der Waals surface area contributed by atoms with Gasteiger partial charge in [-0.1, -0.05) is 18.9 Å². The number of aliphatic imine (C=N–C) groups is 1. The van der Waals surface area contributed by atoms with Gasteiger partial charge in [-0.15, -0.1) is 0 Å². The van der Waals surface area contributed by atoms with E-state index in [1.807, 2.05) is 24.4 Å². The second-order valence-corrected chi connectivity index (χ2v) is 6.45. The normalized spacial score (nSPS) is 23.5. The molecule has 1 fully saturated rings. The maximum Gasteiger partial charge on any atom is 0.222 e. The molecule has 1 aliphatic heterocycles. The first kappa shape index (κ1) is 15.1. The molecule has 1 aliphatic carbocycles. The number of hydrogen-bond donors (Lipinski definition) is 3. The van der Waals surface area contributed by atoms with Gasteiger partial charge in [-0.3, -0.25) is 4.99 Å². The molecule has 24 heavy (non-hydrogen) atoms. The number of nitrogens with two attached hydrogens (primary N) is 1. The quantitative estimate of drug-likeness (QED) is 0.806. The van der Waals surface area contributed by atoms with Crippen LogP contribution in [0.1, 0.15) is 31.2 Å². The fourth-order valence-corrected chi connectivity index (χ4v) is 3.45. The molecular formula is C18H21N5O. The molecular weight excluding hydrogens is 302 g/mol. The lowest BCUT2D eigenvalue weighted by Crippen LogP contribution is -2.36. The van der Waals surface area contributed by atoms with Crippen LogP contribution in [0.4, 0.5) is 11.8 Å². The Morgan fingerprint density at radius 2 is 2.04 bits per heavy atom. The molecule has 0 radical (unpaired) electrons. The zero-order valence-corrected chi connectivity index (χ0v) is 13.4. The molecule has 0 bridgehead atoms. The standard InChI is InChI=1S/C18H21N5O/c19-18-22-15-9-11(12-7-8-20-10-12)5-6-13(15)17(23-18)21-14-3-1-2-4-16(14)24/h5-9,14,16,24H,1-4,10H2,(H3,19,21,22,23)/t14-,16+/m0/s1. The van der Waals surface area contributed by atoms with Crippen LogP contribution in [-0.4, -0.2) is 40.0 Å². The van der Waals surface area contributed by atoms with Crippen LogP contribution >= 0.6 is 0 Å². The Balaban J connectivity index is 1.70. The average Bonchev–Trinajstić information content (AvgIpc) is 3.11. The molecule has 1 aromatic carbocycles. The SMILES string of the molecule is Nc1nc(N[C@H]2CCCC[C@H]2O)c2ccc(C3=CC=NC3)cc2n1. The van der Waals surface area contributed by atoms with E-state index in [4.69, 9.17) is 5.73 Å². The van der Waals surface area contributed by atoms with Crippen molar-refractivity contribution in [2.24, 2.45) is 4.99 Å². The van der Waals surface area contributed by atoms with Crippen LogP contribution in [0.2, 0.25) is 0 Å². The summed E-state index contributed by atoms with van der Waals surface area (Å²) in [4.78, 5) is 13.0. The minimum Gasteiger partial charge on any atom is -0.391 e. The largest absolute Gasteiger partial charge is 0.391 e. The van der Waals surface area contributed by atoms with Crippen LogP contribution < -0.4 is 11.1 Å². The van der Waals surface area contributed by atoms with Crippen molar-refractivity contribution in [2.45, 2.75) is 37.8 Å². The van der Waals surface area contributed by atoms with Gasteiger partial charge < -0.3 is 16.2 Å². The van der Waals surface area contributed by atoms with Crippen molar-refractivity contribution >= 4 is 34.5 Å². The Hall–Kier alpha value is -2.47. The molecule has 0 saturated heterocycles. The predicted octanol–water partition coefficient (Wildman–Crippen LogP) is 2.40. The molecule has 1 aromatic heterocycles. The Morgan fingerprint density at radius 1 is 1.17 bits per heavy atom. The van der Waals surface area contributed by atoms with Crippen molar-refractivity contribution in [3.8, 4) is 0 Å². The minimum atomic E-state index is -0.343. The molecule has 6 heteroatoms. The van der Waals surface area contributed by atoms with Crippen molar-refractivity contribution < 1.29 is 5.11 Å². The van der Waals surface area contributed by atoms with Gasteiger partial charge in [0.05, 0.1) is 24.2 Å². The Kier molecular flexibility index (Phi) is 3.90. The number of nitrogens with one attached hydrogen (secondary N) is 1. The first-order chi connectivity index (χ1) is 11.7. The number of nitrogens with zero attached hydrogens (tertiary/aromatic N) is 3. The summed E-state index contributed by atoms with van der Waals surface area (Å²) in [5.41, 5.74) is 8.98. The molecule has 4 rings (SSSR count). The number of rotatable bonds is 3. The summed E-state index contributed by atoms with van der Waals surface area (Å²) in [6.07, 6.45) is 7.46. The molecule has 6 nitrogen and oxygen atoms in total. The third kappa shape index (κ3) is 2.85. The van der Waals surface area contributed by atoms with Gasteiger partial charge in [0.1, 0.15) is 5.82 Å². The number of anilines is 2. The fourth-order valence-electron chi connectivity index (χ4n) is 3.45. The number of benzene rings is 1. The van der Waals surface area contributed by atoms with Crippen LogP contribution in [0.15, 0.2) is 29.3 Å². The first-order valence-electron chi connectivity index (χ1n) is 8.42. The molecule has 2 aromatic rings.